The summed E-state index contributed by atoms with van der Waals surface area (Å²) in [6.07, 6.45) is -4.66. The van der Waals surface area contributed by atoms with Gasteiger partial charge in [-0.25, -0.2) is 0 Å². The number of rotatable bonds is 3. The van der Waals surface area contributed by atoms with Crippen LogP contribution in [0, 0.1) is 6.92 Å². The van der Waals surface area contributed by atoms with E-state index in [9.17, 15) is 13.2 Å². The van der Waals surface area contributed by atoms with Gasteiger partial charge in [-0.1, -0.05) is 46.3 Å². The molecule has 0 unspecified atom stereocenters. The van der Waals surface area contributed by atoms with E-state index in [0.717, 1.165) is 22.0 Å². The van der Waals surface area contributed by atoms with Crippen molar-refractivity contribution in [2.24, 2.45) is 0 Å². The van der Waals surface area contributed by atoms with Gasteiger partial charge in [0.05, 0.1) is 0 Å². The average molecular weight is 345 g/mol. The summed E-state index contributed by atoms with van der Waals surface area (Å²) in [5.74, 6) is -0.213. The number of hydrogen-bond donors (Lipinski definition) is 0. The first-order chi connectivity index (χ1) is 9.39. The van der Waals surface area contributed by atoms with E-state index in [1.807, 2.05) is 25.1 Å². The zero-order chi connectivity index (χ0) is 14.8. The van der Waals surface area contributed by atoms with Gasteiger partial charge >= 0.3 is 6.36 Å². The maximum absolute atomic E-state index is 12.1. The molecule has 0 aliphatic heterocycles. The standard InChI is InChI=1S/C15H12BrF3O/c1-10-8-12(2-3-13(10)9-16)11-4-6-14(7-5-11)20-15(17,18)19/h2-8H,9H2,1H3. The highest BCUT2D eigenvalue weighted by Crippen LogP contribution is 2.27. The van der Waals surface area contributed by atoms with Gasteiger partial charge in [0, 0.05) is 5.33 Å². The lowest BCUT2D eigenvalue weighted by molar-refractivity contribution is -0.274. The lowest BCUT2D eigenvalue weighted by Crippen LogP contribution is -2.16. The second-order valence-electron chi connectivity index (χ2n) is 4.35. The Bertz CT molecular complexity index is 591. The first-order valence-corrected chi connectivity index (χ1v) is 7.03. The van der Waals surface area contributed by atoms with Crippen molar-refractivity contribution in [3.63, 3.8) is 0 Å². The van der Waals surface area contributed by atoms with Crippen molar-refractivity contribution in [2.75, 3.05) is 0 Å². The zero-order valence-corrected chi connectivity index (χ0v) is 12.3. The van der Waals surface area contributed by atoms with Crippen LogP contribution in [0.1, 0.15) is 11.1 Å². The molecular weight excluding hydrogens is 333 g/mol. The Kier molecular flexibility index (Phi) is 4.38. The number of benzene rings is 2. The van der Waals surface area contributed by atoms with Crippen molar-refractivity contribution >= 4 is 15.9 Å². The van der Waals surface area contributed by atoms with Crippen LogP contribution < -0.4 is 4.74 Å². The summed E-state index contributed by atoms with van der Waals surface area (Å²) in [6.45, 7) is 2.00. The highest BCUT2D eigenvalue weighted by Gasteiger charge is 2.30. The summed E-state index contributed by atoms with van der Waals surface area (Å²) in [5.41, 5.74) is 4.13. The largest absolute Gasteiger partial charge is 0.573 e. The van der Waals surface area contributed by atoms with E-state index in [1.165, 1.54) is 17.7 Å². The molecule has 5 heteroatoms. The van der Waals surface area contributed by atoms with Gasteiger partial charge in [0.1, 0.15) is 5.75 Å². The van der Waals surface area contributed by atoms with Crippen LogP contribution >= 0.6 is 15.9 Å². The fourth-order valence-electron chi connectivity index (χ4n) is 1.87. The van der Waals surface area contributed by atoms with E-state index in [1.54, 1.807) is 12.1 Å². The van der Waals surface area contributed by atoms with Crippen molar-refractivity contribution in [3.8, 4) is 16.9 Å². The fraction of sp³-hybridized carbons (Fsp3) is 0.200. The van der Waals surface area contributed by atoms with Gasteiger partial charge < -0.3 is 4.74 Å². The maximum Gasteiger partial charge on any atom is 0.573 e. The number of ether oxygens (including phenoxy) is 1. The molecule has 0 radical (unpaired) electrons. The van der Waals surface area contributed by atoms with E-state index < -0.39 is 6.36 Å². The zero-order valence-electron chi connectivity index (χ0n) is 10.7. The molecule has 0 fully saturated rings. The monoisotopic (exact) mass is 344 g/mol. The van der Waals surface area contributed by atoms with E-state index in [-0.39, 0.29) is 5.75 Å². The molecule has 0 atom stereocenters. The second-order valence-corrected chi connectivity index (χ2v) is 4.91. The second kappa shape index (κ2) is 5.87. The quantitative estimate of drug-likeness (QED) is 0.672. The van der Waals surface area contributed by atoms with Gasteiger partial charge in [-0.3, -0.25) is 0 Å². The summed E-state index contributed by atoms with van der Waals surface area (Å²) in [5, 5.41) is 0.775. The minimum Gasteiger partial charge on any atom is -0.406 e. The van der Waals surface area contributed by atoms with Crippen molar-refractivity contribution in [1.29, 1.82) is 0 Å². The normalized spacial score (nSPS) is 11.4. The molecule has 0 N–H and O–H groups in total. The molecule has 2 rings (SSSR count). The van der Waals surface area contributed by atoms with Crippen LogP contribution in [0.2, 0.25) is 0 Å². The lowest BCUT2D eigenvalue weighted by Gasteiger charge is -2.10. The Labute approximate surface area is 123 Å². The molecule has 0 bridgehead atoms. The van der Waals surface area contributed by atoms with Crippen LogP contribution in [-0.2, 0) is 5.33 Å². The van der Waals surface area contributed by atoms with Crippen LogP contribution in [0.4, 0.5) is 13.2 Å². The van der Waals surface area contributed by atoms with Crippen LogP contribution in [0.25, 0.3) is 11.1 Å². The Morgan fingerprint density at radius 1 is 1.00 bits per heavy atom. The first kappa shape index (κ1) is 14.9. The van der Waals surface area contributed by atoms with Crippen molar-refractivity contribution in [2.45, 2.75) is 18.6 Å². The molecule has 0 spiro atoms. The highest BCUT2D eigenvalue weighted by atomic mass is 79.9. The molecule has 1 nitrogen and oxygen atoms in total. The average Bonchev–Trinajstić information content (AvgIpc) is 2.37. The summed E-state index contributed by atoms with van der Waals surface area (Å²) >= 11 is 3.40. The summed E-state index contributed by atoms with van der Waals surface area (Å²) in [7, 11) is 0. The molecule has 106 valence electrons. The number of halogens is 4. The Morgan fingerprint density at radius 2 is 1.60 bits per heavy atom. The van der Waals surface area contributed by atoms with Gasteiger partial charge in [-0.2, -0.15) is 0 Å². The predicted molar refractivity (Wildman–Crippen MR) is 75.9 cm³/mol. The molecule has 0 amide bonds. The van der Waals surface area contributed by atoms with Gasteiger partial charge in [0.25, 0.3) is 0 Å². The van der Waals surface area contributed by atoms with Gasteiger partial charge in [0.2, 0.25) is 0 Å². The first-order valence-electron chi connectivity index (χ1n) is 5.91. The van der Waals surface area contributed by atoms with Gasteiger partial charge in [0.15, 0.2) is 0 Å². The molecular formula is C15H12BrF3O. The smallest absolute Gasteiger partial charge is 0.406 e. The third-order valence-electron chi connectivity index (χ3n) is 2.91. The SMILES string of the molecule is Cc1cc(-c2ccc(OC(F)(F)F)cc2)ccc1CBr. The van der Waals surface area contributed by atoms with Gasteiger partial charge in [-0.15, -0.1) is 13.2 Å². The molecule has 0 aliphatic carbocycles. The fourth-order valence-corrected chi connectivity index (χ4v) is 2.50. The molecule has 2 aromatic rings. The highest BCUT2D eigenvalue weighted by molar-refractivity contribution is 9.08. The molecule has 0 aliphatic rings. The molecule has 20 heavy (non-hydrogen) atoms. The molecule has 0 saturated heterocycles. The third kappa shape index (κ3) is 3.76. The molecule has 0 aromatic heterocycles. The van der Waals surface area contributed by atoms with Crippen molar-refractivity contribution in [3.05, 3.63) is 53.6 Å². The van der Waals surface area contributed by atoms with Crippen LogP contribution in [0.3, 0.4) is 0 Å². The van der Waals surface area contributed by atoms with Crippen LogP contribution in [0.15, 0.2) is 42.5 Å². The van der Waals surface area contributed by atoms with E-state index in [2.05, 4.69) is 20.7 Å². The molecule has 0 heterocycles. The van der Waals surface area contributed by atoms with E-state index >= 15 is 0 Å². The summed E-state index contributed by atoms with van der Waals surface area (Å²) in [6, 6.07) is 11.8. The predicted octanol–water partition coefficient (Wildman–Crippen LogP) is 5.46. The number of aryl methyl sites for hydroxylation is 1. The van der Waals surface area contributed by atoms with Crippen LogP contribution in [0.5, 0.6) is 5.75 Å². The Hall–Kier alpha value is -1.49. The molecule has 0 saturated carbocycles. The minimum atomic E-state index is -4.66. The third-order valence-corrected chi connectivity index (χ3v) is 3.51. The number of hydrogen-bond acceptors (Lipinski definition) is 1. The Morgan fingerprint density at radius 3 is 2.10 bits per heavy atom. The molecule has 2 aromatic carbocycles. The lowest BCUT2D eigenvalue weighted by atomic mass is 10.0. The Balaban J connectivity index is 2.24. The summed E-state index contributed by atoms with van der Waals surface area (Å²) < 4.78 is 40.1. The number of alkyl halides is 4. The van der Waals surface area contributed by atoms with E-state index in [4.69, 9.17) is 0 Å². The van der Waals surface area contributed by atoms with E-state index in [0.29, 0.717) is 0 Å². The van der Waals surface area contributed by atoms with Crippen molar-refractivity contribution in [1.82, 2.24) is 0 Å². The van der Waals surface area contributed by atoms with Crippen molar-refractivity contribution < 1.29 is 17.9 Å². The van der Waals surface area contributed by atoms with Crippen LogP contribution in [-0.4, -0.2) is 6.36 Å². The minimum absolute atomic E-state index is 0.213. The maximum atomic E-state index is 12.1. The summed E-state index contributed by atoms with van der Waals surface area (Å²) in [4.78, 5) is 0. The topological polar surface area (TPSA) is 9.23 Å². The van der Waals surface area contributed by atoms with Gasteiger partial charge in [-0.05, 0) is 41.3 Å².